The predicted octanol–water partition coefficient (Wildman–Crippen LogP) is 5.12. The molecule has 0 saturated heterocycles. The molecule has 1 atom stereocenters. The number of benzene rings is 1. The van der Waals surface area contributed by atoms with Gasteiger partial charge in [0, 0.05) is 11.6 Å². The molecule has 0 aliphatic heterocycles. The van der Waals surface area contributed by atoms with Crippen LogP contribution in [0.1, 0.15) is 63.5 Å². The van der Waals surface area contributed by atoms with Gasteiger partial charge in [-0.3, -0.25) is 0 Å². The molecule has 1 N–H and O–H groups in total. The highest BCUT2D eigenvalue weighted by Crippen LogP contribution is 2.32. The molecule has 0 radical (unpaired) electrons. The Bertz CT molecular complexity index is 454. The summed E-state index contributed by atoms with van der Waals surface area (Å²) >= 11 is 0. The van der Waals surface area contributed by atoms with Crippen LogP contribution in [0.25, 0.3) is 0 Å². The van der Waals surface area contributed by atoms with Gasteiger partial charge >= 0.3 is 0 Å². The van der Waals surface area contributed by atoms with Crippen LogP contribution in [0.5, 0.6) is 0 Å². The van der Waals surface area contributed by atoms with Crippen molar-refractivity contribution in [2.45, 2.75) is 57.9 Å². The van der Waals surface area contributed by atoms with Gasteiger partial charge < -0.3 is 5.32 Å². The van der Waals surface area contributed by atoms with Gasteiger partial charge in [-0.2, -0.15) is 0 Å². The Morgan fingerprint density at radius 2 is 1.71 bits per heavy atom. The third kappa shape index (κ3) is 4.22. The molecule has 118 valence electrons. The maximum atomic E-state index is 14.0. The number of nitrogens with one attached hydrogen (secondary N) is 1. The molecule has 2 rings (SSSR count). The highest BCUT2D eigenvalue weighted by molar-refractivity contribution is 5.23. The van der Waals surface area contributed by atoms with E-state index in [-0.39, 0.29) is 11.6 Å². The standard InChI is InChI=1S/C17H24F3N/c1-2-21-15(11-12-7-5-3-4-6-8-12)13-9-10-14(18)17(20)16(13)19/h9-10,12,15,21H,2-8,11H2,1H3. The van der Waals surface area contributed by atoms with E-state index in [2.05, 4.69) is 5.32 Å². The van der Waals surface area contributed by atoms with Gasteiger partial charge in [0.25, 0.3) is 0 Å². The molecule has 1 fully saturated rings. The molecule has 1 aliphatic rings. The van der Waals surface area contributed by atoms with Crippen molar-refractivity contribution in [2.75, 3.05) is 6.54 Å². The summed E-state index contributed by atoms with van der Waals surface area (Å²) < 4.78 is 40.6. The van der Waals surface area contributed by atoms with E-state index in [0.717, 1.165) is 25.3 Å². The fourth-order valence-electron chi connectivity index (χ4n) is 3.31. The summed E-state index contributed by atoms with van der Waals surface area (Å²) in [6.45, 7) is 2.62. The van der Waals surface area contributed by atoms with Crippen molar-refractivity contribution in [1.82, 2.24) is 5.32 Å². The van der Waals surface area contributed by atoms with Crippen LogP contribution < -0.4 is 5.32 Å². The van der Waals surface area contributed by atoms with E-state index in [1.807, 2.05) is 6.92 Å². The normalized spacial score (nSPS) is 18.5. The Morgan fingerprint density at radius 3 is 2.33 bits per heavy atom. The SMILES string of the molecule is CCNC(CC1CCCCCC1)c1ccc(F)c(F)c1F. The molecule has 1 nitrogen and oxygen atoms in total. The van der Waals surface area contributed by atoms with E-state index in [1.165, 1.54) is 31.7 Å². The molecule has 1 saturated carbocycles. The van der Waals surface area contributed by atoms with E-state index >= 15 is 0 Å². The minimum absolute atomic E-state index is 0.242. The second-order valence-electron chi connectivity index (χ2n) is 5.97. The van der Waals surface area contributed by atoms with Crippen LogP contribution in [0.4, 0.5) is 13.2 Å². The Morgan fingerprint density at radius 1 is 1.05 bits per heavy atom. The van der Waals surface area contributed by atoms with E-state index in [1.54, 1.807) is 0 Å². The number of hydrogen-bond donors (Lipinski definition) is 1. The summed E-state index contributed by atoms with van der Waals surface area (Å²) in [5.74, 6) is -3.00. The van der Waals surface area contributed by atoms with Crippen LogP contribution in [0, 0.1) is 23.4 Å². The summed E-state index contributed by atoms with van der Waals surface area (Å²) in [6.07, 6.45) is 8.04. The molecule has 0 heterocycles. The van der Waals surface area contributed by atoms with Crippen LogP contribution in [-0.2, 0) is 0 Å². The van der Waals surface area contributed by atoms with E-state index in [9.17, 15) is 13.2 Å². The third-order valence-corrected chi connectivity index (χ3v) is 4.43. The van der Waals surface area contributed by atoms with E-state index in [0.29, 0.717) is 12.5 Å². The summed E-state index contributed by atoms with van der Waals surface area (Å²) in [7, 11) is 0. The zero-order chi connectivity index (χ0) is 15.2. The van der Waals surface area contributed by atoms with Crippen LogP contribution in [0.3, 0.4) is 0 Å². The lowest BCUT2D eigenvalue weighted by atomic mass is 9.89. The highest BCUT2D eigenvalue weighted by Gasteiger charge is 2.24. The summed E-state index contributed by atoms with van der Waals surface area (Å²) in [6, 6.07) is 2.15. The molecule has 0 bridgehead atoms. The maximum Gasteiger partial charge on any atom is 0.194 e. The lowest BCUT2D eigenvalue weighted by Gasteiger charge is -2.24. The van der Waals surface area contributed by atoms with Gasteiger partial charge in [-0.25, -0.2) is 13.2 Å². The van der Waals surface area contributed by atoms with Crippen molar-refractivity contribution >= 4 is 0 Å². The number of rotatable bonds is 5. The van der Waals surface area contributed by atoms with Gasteiger partial charge in [0.1, 0.15) is 0 Å². The smallest absolute Gasteiger partial charge is 0.194 e. The largest absolute Gasteiger partial charge is 0.310 e. The van der Waals surface area contributed by atoms with E-state index in [4.69, 9.17) is 0 Å². The van der Waals surface area contributed by atoms with Crippen molar-refractivity contribution in [1.29, 1.82) is 0 Å². The van der Waals surface area contributed by atoms with Crippen molar-refractivity contribution in [3.63, 3.8) is 0 Å². The summed E-state index contributed by atoms with van der Waals surface area (Å²) in [5.41, 5.74) is 0.250. The van der Waals surface area contributed by atoms with Crippen LogP contribution in [0.15, 0.2) is 12.1 Å². The zero-order valence-electron chi connectivity index (χ0n) is 12.6. The Balaban J connectivity index is 2.16. The quantitative estimate of drug-likeness (QED) is 0.588. The second kappa shape index (κ2) is 7.83. The first kappa shape index (κ1) is 16.3. The Labute approximate surface area is 124 Å². The lowest BCUT2D eigenvalue weighted by Crippen LogP contribution is -2.25. The number of hydrogen-bond acceptors (Lipinski definition) is 1. The van der Waals surface area contributed by atoms with Crippen LogP contribution in [0.2, 0.25) is 0 Å². The summed E-state index contributed by atoms with van der Waals surface area (Å²) in [4.78, 5) is 0. The number of halogens is 3. The molecule has 21 heavy (non-hydrogen) atoms. The molecule has 0 aromatic heterocycles. The average molecular weight is 299 g/mol. The van der Waals surface area contributed by atoms with Crippen molar-refractivity contribution in [3.8, 4) is 0 Å². The Hall–Kier alpha value is -1.03. The minimum Gasteiger partial charge on any atom is -0.310 e. The molecule has 0 amide bonds. The zero-order valence-corrected chi connectivity index (χ0v) is 12.6. The molecule has 1 aliphatic carbocycles. The Kier molecular flexibility index (Phi) is 6.09. The van der Waals surface area contributed by atoms with Crippen molar-refractivity contribution in [3.05, 3.63) is 35.1 Å². The van der Waals surface area contributed by atoms with E-state index < -0.39 is 17.5 Å². The van der Waals surface area contributed by atoms with Crippen LogP contribution in [-0.4, -0.2) is 6.54 Å². The summed E-state index contributed by atoms with van der Waals surface area (Å²) in [5, 5.41) is 3.23. The fraction of sp³-hybridized carbons (Fsp3) is 0.647. The first-order valence-electron chi connectivity index (χ1n) is 8.00. The molecule has 4 heteroatoms. The second-order valence-corrected chi connectivity index (χ2v) is 5.97. The molecule has 0 spiro atoms. The van der Waals surface area contributed by atoms with Gasteiger partial charge in [0.15, 0.2) is 17.5 Å². The molecular weight excluding hydrogens is 275 g/mol. The van der Waals surface area contributed by atoms with Gasteiger partial charge in [0.05, 0.1) is 0 Å². The van der Waals surface area contributed by atoms with Crippen LogP contribution >= 0.6 is 0 Å². The van der Waals surface area contributed by atoms with Gasteiger partial charge in [-0.15, -0.1) is 0 Å². The fourth-order valence-corrected chi connectivity index (χ4v) is 3.31. The minimum atomic E-state index is -1.36. The maximum absolute atomic E-state index is 14.0. The molecule has 1 aromatic carbocycles. The first-order chi connectivity index (χ1) is 10.1. The van der Waals surface area contributed by atoms with Gasteiger partial charge in [-0.1, -0.05) is 51.5 Å². The van der Waals surface area contributed by atoms with Crippen molar-refractivity contribution < 1.29 is 13.2 Å². The van der Waals surface area contributed by atoms with Gasteiger partial charge in [0.2, 0.25) is 0 Å². The molecular formula is C17H24F3N. The van der Waals surface area contributed by atoms with Crippen molar-refractivity contribution in [2.24, 2.45) is 5.92 Å². The van der Waals surface area contributed by atoms with Gasteiger partial charge in [-0.05, 0) is 24.9 Å². The predicted molar refractivity (Wildman–Crippen MR) is 78.5 cm³/mol. The first-order valence-corrected chi connectivity index (χ1v) is 8.00. The lowest BCUT2D eigenvalue weighted by molar-refractivity contribution is 0.347. The molecule has 1 unspecified atom stereocenters. The molecule has 1 aromatic rings. The third-order valence-electron chi connectivity index (χ3n) is 4.43. The topological polar surface area (TPSA) is 12.0 Å². The highest BCUT2D eigenvalue weighted by atomic mass is 19.2. The monoisotopic (exact) mass is 299 g/mol. The average Bonchev–Trinajstić information content (AvgIpc) is 2.73.